The first-order chi connectivity index (χ1) is 8.34. The normalized spacial score (nSPS) is 14.2. The molecule has 0 radical (unpaired) electrons. The Balaban J connectivity index is 2.66. The summed E-state index contributed by atoms with van der Waals surface area (Å²) in [5, 5.41) is 7.60. The van der Waals surface area contributed by atoms with Crippen LogP contribution in [0.25, 0.3) is 0 Å². The fourth-order valence-electron chi connectivity index (χ4n) is 1.70. The van der Waals surface area contributed by atoms with Crippen molar-refractivity contribution in [2.24, 2.45) is 5.92 Å². The summed E-state index contributed by atoms with van der Waals surface area (Å²) >= 11 is 0. The topological polar surface area (TPSA) is 51.0 Å². The van der Waals surface area contributed by atoms with E-state index in [0.29, 0.717) is 12.0 Å². The maximum Gasteiger partial charge on any atom is 0.228 e. The molecule has 1 aromatic heterocycles. The summed E-state index contributed by atoms with van der Waals surface area (Å²) in [5.74, 6) is 2.08. The molecule has 0 spiro atoms. The van der Waals surface area contributed by atoms with Gasteiger partial charge >= 0.3 is 0 Å². The van der Waals surface area contributed by atoms with Crippen LogP contribution >= 0.6 is 0 Å². The Morgan fingerprint density at radius 2 is 1.94 bits per heavy atom. The van der Waals surface area contributed by atoms with Crippen molar-refractivity contribution in [2.45, 2.75) is 65.8 Å². The van der Waals surface area contributed by atoms with Crippen LogP contribution in [0.15, 0.2) is 4.52 Å². The Bertz CT molecular complexity index is 352. The molecule has 0 bridgehead atoms. The van der Waals surface area contributed by atoms with E-state index in [-0.39, 0.29) is 5.41 Å². The number of nitrogens with one attached hydrogen (secondary N) is 1. The first-order valence-electron chi connectivity index (χ1n) is 6.91. The number of aromatic nitrogens is 2. The molecule has 0 saturated carbocycles. The van der Waals surface area contributed by atoms with Crippen molar-refractivity contribution in [2.75, 3.05) is 6.54 Å². The Morgan fingerprint density at radius 3 is 2.39 bits per heavy atom. The highest BCUT2D eigenvalue weighted by molar-refractivity contribution is 5.00. The van der Waals surface area contributed by atoms with Gasteiger partial charge in [0.1, 0.15) is 0 Å². The molecule has 1 aromatic rings. The minimum Gasteiger partial charge on any atom is -0.339 e. The molecule has 1 atom stereocenters. The maximum atomic E-state index is 5.35. The Hall–Kier alpha value is -0.900. The van der Waals surface area contributed by atoms with E-state index in [2.05, 4.69) is 57.0 Å². The minimum atomic E-state index is -0.0497. The van der Waals surface area contributed by atoms with Gasteiger partial charge in [0, 0.05) is 17.9 Å². The quantitative estimate of drug-likeness (QED) is 0.847. The lowest BCUT2D eigenvalue weighted by Crippen LogP contribution is -2.36. The van der Waals surface area contributed by atoms with E-state index in [1.165, 1.54) is 0 Å². The fourth-order valence-corrected chi connectivity index (χ4v) is 1.70. The molecule has 1 N–H and O–H groups in total. The number of rotatable bonds is 6. The third kappa shape index (κ3) is 4.41. The average Bonchev–Trinajstić information content (AvgIpc) is 2.71. The van der Waals surface area contributed by atoms with Crippen LogP contribution in [0.3, 0.4) is 0 Å². The summed E-state index contributed by atoms with van der Waals surface area (Å²) in [5.41, 5.74) is -0.0497. The summed E-state index contributed by atoms with van der Waals surface area (Å²) in [6, 6.07) is 0.401. The molecule has 18 heavy (non-hydrogen) atoms. The van der Waals surface area contributed by atoms with E-state index < -0.39 is 0 Å². The second-order valence-corrected chi connectivity index (χ2v) is 6.27. The van der Waals surface area contributed by atoms with E-state index in [4.69, 9.17) is 4.52 Å². The molecule has 4 heteroatoms. The summed E-state index contributed by atoms with van der Waals surface area (Å²) in [4.78, 5) is 4.49. The second-order valence-electron chi connectivity index (χ2n) is 6.27. The first-order valence-corrected chi connectivity index (χ1v) is 6.91. The van der Waals surface area contributed by atoms with Gasteiger partial charge < -0.3 is 9.84 Å². The molecule has 4 nitrogen and oxygen atoms in total. The lowest BCUT2D eigenvalue weighted by molar-refractivity contribution is 0.321. The highest BCUT2D eigenvalue weighted by Gasteiger charge is 2.23. The summed E-state index contributed by atoms with van der Waals surface area (Å²) in [6.45, 7) is 13.9. The van der Waals surface area contributed by atoms with Crippen molar-refractivity contribution in [3.05, 3.63) is 11.7 Å². The smallest absolute Gasteiger partial charge is 0.228 e. The molecule has 0 aliphatic carbocycles. The summed E-state index contributed by atoms with van der Waals surface area (Å²) in [6.07, 6.45) is 1.95. The lowest BCUT2D eigenvalue weighted by atomic mass is 9.96. The molecule has 0 aromatic carbocycles. The standard InChI is InChI=1S/C14H27N3O/c1-7-8-15-11(10(2)3)9-12-16-13(17-18-12)14(4,5)6/h10-11,15H,7-9H2,1-6H3. The average molecular weight is 253 g/mol. The zero-order valence-electron chi connectivity index (χ0n) is 12.6. The van der Waals surface area contributed by atoms with Crippen molar-refractivity contribution in [1.29, 1.82) is 0 Å². The van der Waals surface area contributed by atoms with Gasteiger partial charge in [-0.05, 0) is 18.9 Å². The number of hydrogen-bond acceptors (Lipinski definition) is 4. The Morgan fingerprint density at radius 1 is 1.28 bits per heavy atom. The summed E-state index contributed by atoms with van der Waals surface area (Å²) < 4.78 is 5.35. The molecule has 0 saturated heterocycles. The lowest BCUT2D eigenvalue weighted by Gasteiger charge is -2.20. The molecule has 0 amide bonds. The highest BCUT2D eigenvalue weighted by atomic mass is 16.5. The third-order valence-corrected chi connectivity index (χ3v) is 2.99. The number of nitrogens with zero attached hydrogens (tertiary/aromatic N) is 2. The van der Waals surface area contributed by atoms with E-state index in [9.17, 15) is 0 Å². The Labute approximate surface area is 111 Å². The number of hydrogen-bond donors (Lipinski definition) is 1. The van der Waals surface area contributed by atoms with Gasteiger partial charge in [0.05, 0.1) is 0 Å². The third-order valence-electron chi connectivity index (χ3n) is 2.99. The van der Waals surface area contributed by atoms with Crippen molar-refractivity contribution < 1.29 is 4.52 Å². The van der Waals surface area contributed by atoms with Gasteiger partial charge in [0.2, 0.25) is 5.89 Å². The van der Waals surface area contributed by atoms with Crippen molar-refractivity contribution >= 4 is 0 Å². The van der Waals surface area contributed by atoms with Crippen molar-refractivity contribution in [3.63, 3.8) is 0 Å². The van der Waals surface area contributed by atoms with Gasteiger partial charge in [-0.15, -0.1) is 0 Å². The van der Waals surface area contributed by atoms with Gasteiger partial charge in [-0.3, -0.25) is 0 Å². The van der Waals surface area contributed by atoms with E-state index in [0.717, 1.165) is 31.1 Å². The van der Waals surface area contributed by atoms with Crippen LogP contribution in [0.1, 0.15) is 59.7 Å². The van der Waals surface area contributed by atoms with Gasteiger partial charge in [0.25, 0.3) is 0 Å². The molecule has 104 valence electrons. The van der Waals surface area contributed by atoms with E-state index >= 15 is 0 Å². The van der Waals surface area contributed by atoms with E-state index in [1.54, 1.807) is 0 Å². The van der Waals surface area contributed by atoms with Crippen LogP contribution in [0, 0.1) is 5.92 Å². The monoisotopic (exact) mass is 253 g/mol. The molecule has 0 aliphatic heterocycles. The Kier molecular flexibility index (Phi) is 5.32. The van der Waals surface area contributed by atoms with Crippen molar-refractivity contribution in [1.82, 2.24) is 15.5 Å². The zero-order chi connectivity index (χ0) is 13.8. The van der Waals surface area contributed by atoms with Gasteiger partial charge in [-0.25, -0.2) is 0 Å². The maximum absolute atomic E-state index is 5.35. The van der Waals surface area contributed by atoms with Crippen molar-refractivity contribution in [3.8, 4) is 0 Å². The molecular formula is C14H27N3O. The van der Waals surface area contributed by atoms with Gasteiger partial charge in [-0.2, -0.15) is 4.98 Å². The predicted molar refractivity (Wildman–Crippen MR) is 73.6 cm³/mol. The van der Waals surface area contributed by atoms with Crippen LogP contribution < -0.4 is 5.32 Å². The SMILES string of the molecule is CCCNC(Cc1nc(C(C)(C)C)no1)C(C)C. The van der Waals surface area contributed by atoms with Gasteiger partial charge in [-0.1, -0.05) is 46.7 Å². The van der Waals surface area contributed by atoms with Crippen LogP contribution in [-0.2, 0) is 11.8 Å². The van der Waals surface area contributed by atoms with Crippen LogP contribution in [-0.4, -0.2) is 22.7 Å². The van der Waals surface area contributed by atoms with Crippen LogP contribution in [0.5, 0.6) is 0 Å². The van der Waals surface area contributed by atoms with Gasteiger partial charge in [0.15, 0.2) is 5.82 Å². The second kappa shape index (κ2) is 6.32. The largest absolute Gasteiger partial charge is 0.339 e. The molecule has 1 heterocycles. The van der Waals surface area contributed by atoms with Crippen LogP contribution in [0.2, 0.25) is 0 Å². The van der Waals surface area contributed by atoms with E-state index in [1.807, 2.05) is 0 Å². The fraction of sp³-hybridized carbons (Fsp3) is 0.857. The predicted octanol–water partition coefficient (Wildman–Crippen LogP) is 2.93. The molecule has 0 fully saturated rings. The molecule has 0 aliphatic rings. The molecular weight excluding hydrogens is 226 g/mol. The minimum absolute atomic E-state index is 0.0497. The molecule has 1 unspecified atom stereocenters. The highest BCUT2D eigenvalue weighted by Crippen LogP contribution is 2.19. The zero-order valence-corrected chi connectivity index (χ0v) is 12.6. The van der Waals surface area contributed by atoms with Crippen LogP contribution in [0.4, 0.5) is 0 Å². The summed E-state index contributed by atoms with van der Waals surface area (Å²) in [7, 11) is 0. The molecule has 1 rings (SSSR count). The first kappa shape index (κ1) is 15.2.